The first-order valence-electron chi connectivity index (χ1n) is 11.1. The van der Waals surface area contributed by atoms with Gasteiger partial charge in [0.2, 0.25) is 0 Å². The molecule has 0 spiro atoms. The van der Waals surface area contributed by atoms with Crippen LogP contribution in [-0.2, 0) is 14.3 Å². The van der Waals surface area contributed by atoms with E-state index in [9.17, 15) is 14.4 Å². The predicted molar refractivity (Wildman–Crippen MR) is 129 cm³/mol. The lowest BCUT2D eigenvalue weighted by molar-refractivity contribution is -0.139. The van der Waals surface area contributed by atoms with Gasteiger partial charge < -0.3 is 24.8 Å². The molecule has 35 heavy (non-hydrogen) atoms. The van der Waals surface area contributed by atoms with Crippen molar-refractivity contribution in [3.63, 3.8) is 0 Å². The molecule has 180 valence electrons. The van der Waals surface area contributed by atoms with Gasteiger partial charge in [0.25, 0.3) is 0 Å². The van der Waals surface area contributed by atoms with Gasteiger partial charge in [0, 0.05) is 10.9 Å². The van der Waals surface area contributed by atoms with E-state index in [0.29, 0.717) is 27.9 Å². The quantitative estimate of drug-likeness (QED) is 0.502. The molecule has 9 nitrogen and oxygen atoms in total. The van der Waals surface area contributed by atoms with E-state index in [1.807, 2.05) is 42.5 Å². The molecule has 0 bridgehead atoms. The Morgan fingerprint density at radius 1 is 1.03 bits per heavy atom. The standard InChI is InChI=1S/C26H25N3O6/c1-4-34-25(31)23-15(2)27-26(32)29-22(23)14-35-24(30)19-13-21(16-9-11-17(33-3)12-10-16)28-20-8-6-5-7-18(19)20/h5-13,15H,4,14H2,1-3H3,(H2,27,29,32). The number of esters is 2. The zero-order chi connectivity index (χ0) is 24.9. The molecule has 1 aliphatic heterocycles. The van der Waals surface area contributed by atoms with Gasteiger partial charge in [-0.05, 0) is 50.2 Å². The minimum Gasteiger partial charge on any atom is -0.497 e. The largest absolute Gasteiger partial charge is 0.497 e. The summed E-state index contributed by atoms with van der Waals surface area (Å²) in [4.78, 5) is 42.3. The number of nitrogens with one attached hydrogen (secondary N) is 2. The number of rotatable bonds is 7. The number of hydrogen-bond donors (Lipinski definition) is 2. The summed E-state index contributed by atoms with van der Waals surface area (Å²) < 4.78 is 15.9. The second kappa shape index (κ2) is 10.3. The molecular weight excluding hydrogens is 450 g/mol. The number of carbonyl (C=O) groups is 3. The molecule has 0 saturated heterocycles. The van der Waals surface area contributed by atoms with Crippen molar-refractivity contribution in [2.24, 2.45) is 0 Å². The highest BCUT2D eigenvalue weighted by atomic mass is 16.5. The molecule has 2 aromatic carbocycles. The van der Waals surface area contributed by atoms with Crippen LogP contribution in [0.2, 0.25) is 0 Å². The molecular formula is C26H25N3O6. The molecule has 0 radical (unpaired) electrons. The number of fused-ring (bicyclic) bond motifs is 1. The van der Waals surface area contributed by atoms with Gasteiger partial charge >= 0.3 is 18.0 Å². The van der Waals surface area contributed by atoms with E-state index >= 15 is 0 Å². The smallest absolute Gasteiger partial charge is 0.339 e. The Balaban J connectivity index is 1.67. The molecule has 1 unspecified atom stereocenters. The van der Waals surface area contributed by atoms with E-state index in [1.54, 1.807) is 33.1 Å². The van der Waals surface area contributed by atoms with E-state index in [-0.39, 0.29) is 24.5 Å². The summed E-state index contributed by atoms with van der Waals surface area (Å²) in [5.41, 5.74) is 2.72. The van der Waals surface area contributed by atoms with Crippen molar-refractivity contribution in [3.8, 4) is 17.0 Å². The third-order valence-electron chi connectivity index (χ3n) is 5.53. The highest BCUT2D eigenvalue weighted by molar-refractivity contribution is 6.04. The zero-order valence-corrected chi connectivity index (χ0v) is 19.6. The molecule has 1 aromatic heterocycles. The van der Waals surface area contributed by atoms with E-state index in [0.717, 1.165) is 5.56 Å². The Bertz CT molecular complexity index is 1320. The normalized spacial score (nSPS) is 15.3. The summed E-state index contributed by atoms with van der Waals surface area (Å²) >= 11 is 0. The lowest BCUT2D eigenvalue weighted by Gasteiger charge is -2.26. The number of methoxy groups -OCH3 is 1. The Hall–Kier alpha value is -4.40. The fourth-order valence-electron chi connectivity index (χ4n) is 3.86. The van der Waals surface area contributed by atoms with E-state index in [4.69, 9.17) is 14.2 Å². The first kappa shape index (κ1) is 23.7. The first-order chi connectivity index (χ1) is 16.9. The molecule has 2 heterocycles. The van der Waals surface area contributed by atoms with Crippen LogP contribution in [0.1, 0.15) is 24.2 Å². The van der Waals surface area contributed by atoms with Crippen LogP contribution in [0.3, 0.4) is 0 Å². The average molecular weight is 476 g/mol. The molecule has 1 atom stereocenters. The Labute approximate surface area is 202 Å². The molecule has 4 rings (SSSR count). The maximum absolute atomic E-state index is 13.2. The molecule has 3 aromatic rings. The van der Waals surface area contributed by atoms with Crippen LogP contribution in [-0.4, -0.2) is 49.3 Å². The van der Waals surface area contributed by atoms with Crippen LogP contribution >= 0.6 is 0 Å². The minimum atomic E-state index is -0.616. The number of para-hydroxylation sites is 1. The number of benzene rings is 2. The Morgan fingerprint density at radius 2 is 1.77 bits per heavy atom. The molecule has 1 aliphatic rings. The van der Waals surface area contributed by atoms with Crippen molar-refractivity contribution in [1.29, 1.82) is 0 Å². The number of pyridine rings is 1. The SMILES string of the molecule is CCOC(=O)C1=C(COC(=O)c2cc(-c3ccc(OC)cc3)nc3ccccc23)NC(=O)NC1C. The lowest BCUT2D eigenvalue weighted by atomic mass is 10.0. The van der Waals surface area contributed by atoms with Gasteiger partial charge in [-0.25, -0.2) is 19.4 Å². The number of nitrogens with zero attached hydrogens (tertiary/aromatic N) is 1. The number of carbonyl (C=O) groups excluding carboxylic acids is 3. The Kier molecular flexibility index (Phi) is 6.96. The van der Waals surface area contributed by atoms with Crippen molar-refractivity contribution in [1.82, 2.24) is 15.6 Å². The third-order valence-corrected chi connectivity index (χ3v) is 5.53. The number of ether oxygens (including phenoxy) is 3. The Morgan fingerprint density at radius 3 is 2.49 bits per heavy atom. The van der Waals surface area contributed by atoms with Gasteiger partial charge in [0.05, 0.1) is 47.8 Å². The van der Waals surface area contributed by atoms with Gasteiger partial charge in [-0.1, -0.05) is 18.2 Å². The summed E-state index contributed by atoms with van der Waals surface area (Å²) in [5.74, 6) is -0.498. The number of hydrogen-bond acceptors (Lipinski definition) is 7. The molecule has 2 N–H and O–H groups in total. The average Bonchev–Trinajstić information content (AvgIpc) is 2.86. The fourth-order valence-corrected chi connectivity index (χ4v) is 3.86. The summed E-state index contributed by atoms with van der Waals surface area (Å²) in [7, 11) is 1.59. The number of amides is 2. The lowest BCUT2D eigenvalue weighted by Crippen LogP contribution is -2.50. The van der Waals surface area contributed by atoms with Crippen molar-refractivity contribution < 1.29 is 28.6 Å². The summed E-state index contributed by atoms with van der Waals surface area (Å²) in [5, 5.41) is 5.79. The van der Waals surface area contributed by atoms with Crippen molar-refractivity contribution in [3.05, 3.63) is 71.4 Å². The zero-order valence-electron chi connectivity index (χ0n) is 19.6. The molecule has 9 heteroatoms. The van der Waals surface area contributed by atoms with Crippen molar-refractivity contribution in [2.45, 2.75) is 19.9 Å². The van der Waals surface area contributed by atoms with Crippen molar-refractivity contribution in [2.75, 3.05) is 20.3 Å². The van der Waals surface area contributed by atoms with Crippen molar-refractivity contribution >= 4 is 28.9 Å². The van der Waals surface area contributed by atoms with Crippen LogP contribution < -0.4 is 15.4 Å². The van der Waals surface area contributed by atoms with Crippen LogP contribution in [0.15, 0.2) is 65.9 Å². The van der Waals surface area contributed by atoms with E-state index < -0.39 is 24.0 Å². The second-order valence-corrected chi connectivity index (χ2v) is 7.81. The summed E-state index contributed by atoms with van der Waals surface area (Å²) in [6, 6.07) is 15.2. The highest BCUT2D eigenvalue weighted by Gasteiger charge is 2.30. The van der Waals surface area contributed by atoms with Crippen LogP contribution in [0.25, 0.3) is 22.2 Å². The van der Waals surface area contributed by atoms with Gasteiger partial charge in [-0.3, -0.25) is 0 Å². The molecule has 0 aliphatic carbocycles. The second-order valence-electron chi connectivity index (χ2n) is 7.81. The van der Waals surface area contributed by atoms with Gasteiger partial charge in [0.15, 0.2) is 0 Å². The minimum absolute atomic E-state index is 0.174. The van der Waals surface area contributed by atoms with Gasteiger partial charge in [0.1, 0.15) is 12.4 Å². The van der Waals surface area contributed by atoms with E-state index in [1.165, 1.54) is 0 Å². The maximum atomic E-state index is 13.2. The van der Waals surface area contributed by atoms with E-state index in [2.05, 4.69) is 15.6 Å². The van der Waals surface area contributed by atoms with Gasteiger partial charge in [-0.15, -0.1) is 0 Å². The summed E-state index contributed by atoms with van der Waals surface area (Å²) in [6.07, 6.45) is 0. The third kappa shape index (κ3) is 5.08. The number of aromatic nitrogens is 1. The van der Waals surface area contributed by atoms with Crippen LogP contribution in [0.4, 0.5) is 4.79 Å². The monoisotopic (exact) mass is 475 g/mol. The predicted octanol–water partition coefficient (Wildman–Crippen LogP) is 3.59. The topological polar surface area (TPSA) is 116 Å². The molecule has 0 saturated carbocycles. The maximum Gasteiger partial charge on any atom is 0.339 e. The van der Waals surface area contributed by atoms with Gasteiger partial charge in [-0.2, -0.15) is 0 Å². The highest BCUT2D eigenvalue weighted by Crippen LogP contribution is 2.27. The summed E-state index contributed by atoms with van der Waals surface area (Å²) in [6.45, 7) is 3.21. The van der Waals surface area contributed by atoms with Crippen LogP contribution in [0.5, 0.6) is 5.75 Å². The molecule has 0 fully saturated rings. The first-order valence-corrected chi connectivity index (χ1v) is 11.1. The number of urea groups is 1. The van der Waals surface area contributed by atoms with Crippen LogP contribution in [0, 0.1) is 0 Å². The fraction of sp³-hybridized carbons (Fsp3) is 0.231. The molecule has 2 amide bonds.